The molecule has 1 aliphatic rings. The summed E-state index contributed by atoms with van der Waals surface area (Å²) in [5, 5.41) is 2.67. The Balaban J connectivity index is 1.30. The van der Waals surface area contributed by atoms with E-state index in [2.05, 4.69) is 71.3 Å². The van der Waals surface area contributed by atoms with E-state index in [1.807, 2.05) is 102 Å². The fourth-order valence-corrected chi connectivity index (χ4v) is 9.37. The number of para-hydroxylation sites is 1. The van der Waals surface area contributed by atoms with Crippen molar-refractivity contribution in [2.45, 2.75) is 70.2 Å². The van der Waals surface area contributed by atoms with Gasteiger partial charge in [0.05, 0.1) is 33.3 Å². The molecule has 2 aromatic heterocycles. The van der Waals surface area contributed by atoms with Crippen LogP contribution in [0.1, 0.15) is 57.0 Å². The molecule has 0 saturated carbocycles. The summed E-state index contributed by atoms with van der Waals surface area (Å²) >= 11 is 0. The Morgan fingerprint density at radius 2 is 1.45 bits per heavy atom. The first-order valence-electron chi connectivity index (χ1n) is 20.5. The number of nitrogens with zero attached hydrogens (tertiary/aromatic N) is 5. The van der Waals surface area contributed by atoms with Crippen molar-refractivity contribution in [2.24, 2.45) is 0 Å². The molecule has 7 rings (SSSR count). The molecule has 0 radical (unpaired) electrons. The molecule has 0 aliphatic carbocycles. The summed E-state index contributed by atoms with van der Waals surface area (Å²) in [7, 11) is 1.62. The third-order valence-corrected chi connectivity index (χ3v) is 12.6. The second-order valence-corrected chi connectivity index (χ2v) is 16.4. The minimum Gasteiger partial charge on any atom is -0.497 e. The number of ether oxygens (including phenoxy) is 5. The molecule has 14 nitrogen and oxygen atoms in total. The van der Waals surface area contributed by atoms with E-state index in [0.717, 1.165) is 28.2 Å². The van der Waals surface area contributed by atoms with Gasteiger partial charge in [-0.2, -0.15) is 0 Å². The number of hydrogen-bond acceptors (Lipinski definition) is 12. The number of anilines is 1. The first-order valence-corrected chi connectivity index (χ1v) is 21.6. The maximum absolute atomic E-state index is 12.5. The van der Waals surface area contributed by atoms with E-state index < -0.39 is 38.7 Å². The number of aromatic nitrogens is 4. The van der Waals surface area contributed by atoms with Crippen LogP contribution in [0.15, 0.2) is 135 Å². The summed E-state index contributed by atoms with van der Waals surface area (Å²) < 4.78 is 48.7. The molecule has 0 spiro atoms. The smallest absolute Gasteiger partial charge is 0.413 e. The van der Waals surface area contributed by atoms with E-state index in [9.17, 15) is 4.79 Å². The van der Waals surface area contributed by atoms with Gasteiger partial charge in [-0.25, -0.2) is 24.4 Å². The van der Waals surface area contributed by atoms with Crippen molar-refractivity contribution >= 4 is 31.6 Å². The van der Waals surface area contributed by atoms with Crippen LogP contribution in [0, 0.1) is 0 Å². The lowest BCUT2D eigenvalue weighted by Crippen LogP contribution is -2.40. The molecule has 1 unspecified atom stereocenters. The quantitative estimate of drug-likeness (QED) is 0.0471. The zero-order chi connectivity index (χ0) is 43.6. The van der Waals surface area contributed by atoms with Crippen LogP contribution in [0.4, 0.5) is 10.6 Å². The van der Waals surface area contributed by atoms with Gasteiger partial charge >= 0.3 is 14.6 Å². The number of fused-ring (bicyclic) bond motifs is 1. The van der Waals surface area contributed by atoms with E-state index in [1.54, 1.807) is 20.5 Å². The van der Waals surface area contributed by atoms with E-state index >= 15 is 0 Å². The predicted molar refractivity (Wildman–Crippen MR) is 238 cm³/mol. The lowest BCUT2D eigenvalue weighted by molar-refractivity contribution is -0.0907. The highest BCUT2D eigenvalue weighted by atomic mass is 31.2. The van der Waals surface area contributed by atoms with Gasteiger partial charge in [0.25, 0.3) is 0 Å². The predicted octanol–water partition coefficient (Wildman–Crippen LogP) is 9.68. The van der Waals surface area contributed by atoms with Gasteiger partial charge in [-0.15, -0.1) is 0 Å². The highest BCUT2D eigenvalue weighted by molar-refractivity contribution is 7.45. The summed E-state index contributed by atoms with van der Waals surface area (Å²) in [6, 6.07) is 35.8. The Labute approximate surface area is 363 Å². The number of nitrogens with one attached hydrogen (secondary N) is 1. The fraction of sp³-hybridized carbons (Fsp3) is 0.319. The van der Waals surface area contributed by atoms with Gasteiger partial charge in [-0.3, -0.25) is 9.88 Å². The second-order valence-electron chi connectivity index (χ2n) is 15.1. The van der Waals surface area contributed by atoms with Crippen molar-refractivity contribution in [3.05, 3.63) is 151 Å². The van der Waals surface area contributed by atoms with Crippen LogP contribution < -0.4 is 19.3 Å². The topological polar surface area (TPSA) is 141 Å². The SMILES string of the molecule is C=CCOC(=O)Nc1ncnc2c1ncn2[C@H]1C[C@H](OP(Oc2ccccc2)N(C(C)C)C(C)C)[C@@H](COC(c2ccccc2)(c2ccc(OC)cc2)c2ccc(OC)cc2)O1. The first kappa shape index (κ1) is 44.2. The lowest BCUT2D eigenvalue weighted by Gasteiger charge is -2.38. The Bertz CT molecular complexity index is 2310. The molecule has 1 aliphatic heterocycles. The largest absolute Gasteiger partial charge is 0.497 e. The Kier molecular flexibility index (Phi) is 14.5. The van der Waals surface area contributed by atoms with Crippen LogP contribution in [-0.2, 0) is 24.3 Å². The first-order chi connectivity index (χ1) is 30.1. The maximum Gasteiger partial charge on any atom is 0.413 e. The fourth-order valence-electron chi connectivity index (χ4n) is 7.62. The van der Waals surface area contributed by atoms with Crippen LogP contribution >= 0.6 is 8.53 Å². The van der Waals surface area contributed by atoms with Crippen molar-refractivity contribution in [3.63, 3.8) is 0 Å². The molecule has 15 heteroatoms. The molecule has 0 bridgehead atoms. The molecular formula is C47H53N6O8P. The van der Waals surface area contributed by atoms with Gasteiger partial charge in [0.1, 0.15) is 48.1 Å². The van der Waals surface area contributed by atoms with E-state index in [1.165, 1.54) is 12.4 Å². The molecule has 1 fully saturated rings. The highest BCUT2D eigenvalue weighted by Gasteiger charge is 2.45. The van der Waals surface area contributed by atoms with Gasteiger partial charge in [0, 0.05) is 18.5 Å². The average molecular weight is 861 g/mol. The summed E-state index contributed by atoms with van der Waals surface area (Å²) in [6.07, 6.45) is 2.39. The van der Waals surface area contributed by atoms with E-state index in [0.29, 0.717) is 23.3 Å². The summed E-state index contributed by atoms with van der Waals surface area (Å²) in [4.78, 5) is 26.0. The molecule has 4 atom stereocenters. The number of methoxy groups -OCH3 is 2. The Morgan fingerprint density at radius 1 is 0.855 bits per heavy atom. The number of benzene rings is 4. The molecule has 324 valence electrons. The molecule has 1 saturated heterocycles. The number of hydrogen-bond donors (Lipinski definition) is 1. The van der Waals surface area contributed by atoms with Crippen molar-refractivity contribution in [1.82, 2.24) is 24.2 Å². The molecule has 3 heterocycles. The molecular weight excluding hydrogens is 808 g/mol. The zero-order valence-corrected chi connectivity index (χ0v) is 36.7. The average Bonchev–Trinajstić information content (AvgIpc) is 3.91. The van der Waals surface area contributed by atoms with Crippen LogP contribution in [-0.4, -0.2) is 82.0 Å². The van der Waals surface area contributed by atoms with E-state index in [-0.39, 0.29) is 31.1 Å². The molecule has 62 heavy (non-hydrogen) atoms. The number of carbonyl (C=O) groups excluding carboxylic acids is 1. The van der Waals surface area contributed by atoms with Gasteiger partial charge in [0.15, 0.2) is 17.0 Å². The third kappa shape index (κ3) is 9.75. The van der Waals surface area contributed by atoms with Crippen LogP contribution in [0.25, 0.3) is 11.2 Å². The van der Waals surface area contributed by atoms with Crippen molar-refractivity contribution < 1.29 is 37.5 Å². The monoisotopic (exact) mass is 860 g/mol. The minimum absolute atomic E-state index is 0.0410. The van der Waals surface area contributed by atoms with Crippen LogP contribution in [0.3, 0.4) is 0 Å². The molecule has 4 aromatic carbocycles. The molecule has 1 N–H and O–H groups in total. The normalized spacial score (nSPS) is 17.0. The number of carbonyl (C=O) groups is 1. The van der Waals surface area contributed by atoms with Gasteiger partial charge in [0.2, 0.25) is 0 Å². The van der Waals surface area contributed by atoms with Crippen molar-refractivity contribution in [2.75, 3.05) is 32.8 Å². The minimum atomic E-state index is -1.68. The standard InChI is InChI=1S/C47H53N6O8P/c1-8-27-57-46(54)51-44-43-45(49-30-48-44)52(31-50-43)42-28-40(61-62(53(32(2)3)33(4)5)60-39-17-13-10-14-18-39)41(59-42)29-58-47(34-15-11-9-12-16-34,35-19-23-37(55-6)24-20-35)36-21-25-38(56-7)26-22-36/h8-26,30-33,40-42H,1,27-29H2,2-7H3,(H,48,49,51,54)/t40-,41+,42+,62?/m0/s1. The van der Waals surface area contributed by atoms with Gasteiger partial charge in [-0.05, 0) is 80.8 Å². The molecule has 6 aromatic rings. The second kappa shape index (κ2) is 20.3. The summed E-state index contributed by atoms with van der Waals surface area (Å²) in [5.41, 5.74) is 2.37. The van der Waals surface area contributed by atoms with Crippen LogP contribution in [0.2, 0.25) is 0 Å². The highest BCUT2D eigenvalue weighted by Crippen LogP contribution is 2.51. The maximum atomic E-state index is 12.5. The molecule has 1 amide bonds. The van der Waals surface area contributed by atoms with Gasteiger partial charge < -0.3 is 32.7 Å². The van der Waals surface area contributed by atoms with E-state index in [4.69, 9.17) is 32.7 Å². The lowest BCUT2D eigenvalue weighted by atomic mass is 9.80. The van der Waals surface area contributed by atoms with Crippen molar-refractivity contribution in [3.8, 4) is 17.2 Å². The Hall–Kier alpha value is -5.89. The summed E-state index contributed by atoms with van der Waals surface area (Å²) in [5.74, 6) is 2.33. The van der Waals surface area contributed by atoms with Crippen molar-refractivity contribution in [1.29, 1.82) is 0 Å². The summed E-state index contributed by atoms with van der Waals surface area (Å²) in [6.45, 7) is 12.3. The van der Waals surface area contributed by atoms with Gasteiger partial charge in [-0.1, -0.05) is 85.5 Å². The van der Waals surface area contributed by atoms with Crippen LogP contribution in [0.5, 0.6) is 17.2 Å². The Morgan fingerprint density at radius 3 is 2.03 bits per heavy atom. The number of rotatable bonds is 19. The zero-order valence-electron chi connectivity index (χ0n) is 35.8. The third-order valence-electron chi connectivity index (χ3n) is 10.4. The number of imidazole rings is 1. The number of amides is 1.